The predicted octanol–water partition coefficient (Wildman–Crippen LogP) is 1.54. The number of piperidine rings is 1. The summed E-state index contributed by atoms with van der Waals surface area (Å²) in [5, 5.41) is 12.9. The second-order valence-electron chi connectivity index (χ2n) is 7.45. The lowest BCUT2D eigenvalue weighted by Gasteiger charge is -2.36. The maximum absolute atomic E-state index is 4.85. The summed E-state index contributed by atoms with van der Waals surface area (Å²) >= 11 is 0. The van der Waals surface area contributed by atoms with Gasteiger partial charge in [-0.25, -0.2) is 4.98 Å². The van der Waals surface area contributed by atoms with E-state index in [0.29, 0.717) is 0 Å². The molecule has 2 saturated heterocycles. The molecule has 2 fully saturated rings. The van der Waals surface area contributed by atoms with E-state index >= 15 is 0 Å². The maximum atomic E-state index is 4.85. The number of hydrogen-bond acceptors (Lipinski definition) is 8. The lowest BCUT2D eigenvalue weighted by molar-refractivity contribution is 0.567. The zero-order valence-electron chi connectivity index (χ0n) is 16.2. The van der Waals surface area contributed by atoms with Crippen molar-refractivity contribution in [2.24, 2.45) is 0 Å². The van der Waals surface area contributed by atoms with Crippen molar-refractivity contribution in [2.45, 2.75) is 26.2 Å². The number of nitrogens with zero attached hydrogens (tertiary/aromatic N) is 9. The summed E-state index contributed by atoms with van der Waals surface area (Å²) in [5.41, 5.74) is 0.783. The van der Waals surface area contributed by atoms with Gasteiger partial charge in [-0.15, -0.1) is 15.3 Å². The first kappa shape index (κ1) is 17.2. The normalized spacial score (nSPS) is 18.1. The molecule has 5 rings (SSSR count). The number of aryl methyl sites for hydroxylation is 1. The van der Waals surface area contributed by atoms with E-state index in [4.69, 9.17) is 10.1 Å². The van der Waals surface area contributed by atoms with Crippen molar-refractivity contribution >= 4 is 23.2 Å². The van der Waals surface area contributed by atoms with Gasteiger partial charge in [-0.3, -0.25) is 0 Å². The van der Waals surface area contributed by atoms with Gasteiger partial charge in [0.2, 0.25) is 5.95 Å². The quantitative estimate of drug-likeness (QED) is 0.678. The Morgan fingerprint density at radius 2 is 1.50 bits per heavy atom. The Morgan fingerprint density at radius 1 is 0.750 bits per heavy atom. The van der Waals surface area contributed by atoms with Gasteiger partial charge in [0.15, 0.2) is 11.5 Å². The van der Waals surface area contributed by atoms with Gasteiger partial charge >= 0.3 is 0 Å². The fourth-order valence-corrected chi connectivity index (χ4v) is 3.98. The zero-order valence-corrected chi connectivity index (χ0v) is 16.2. The molecule has 0 saturated carbocycles. The molecular formula is C19H25N9. The minimum atomic E-state index is 0.783. The summed E-state index contributed by atoms with van der Waals surface area (Å²) < 4.78 is 1.80. The summed E-state index contributed by atoms with van der Waals surface area (Å²) in [6.45, 7) is 7.69. The summed E-state index contributed by atoms with van der Waals surface area (Å²) in [5.74, 6) is 3.66. The Labute approximate surface area is 164 Å². The Kier molecular flexibility index (Phi) is 4.42. The van der Waals surface area contributed by atoms with Crippen molar-refractivity contribution in [1.29, 1.82) is 0 Å². The first-order chi connectivity index (χ1) is 13.8. The predicted molar refractivity (Wildman–Crippen MR) is 108 cm³/mol. The van der Waals surface area contributed by atoms with Crippen LogP contribution in [0.5, 0.6) is 0 Å². The number of aromatic nitrogens is 6. The second kappa shape index (κ2) is 7.21. The molecule has 2 aliphatic rings. The topological polar surface area (TPSA) is 78.6 Å². The third-order valence-corrected chi connectivity index (χ3v) is 5.60. The second-order valence-corrected chi connectivity index (χ2v) is 7.45. The van der Waals surface area contributed by atoms with Gasteiger partial charge in [0.1, 0.15) is 11.6 Å². The van der Waals surface area contributed by atoms with Crippen LogP contribution in [-0.2, 0) is 0 Å². The Balaban J connectivity index is 1.28. The molecule has 0 amide bonds. The van der Waals surface area contributed by atoms with E-state index in [-0.39, 0.29) is 0 Å². The minimum Gasteiger partial charge on any atom is -0.353 e. The van der Waals surface area contributed by atoms with Gasteiger partial charge in [-0.05, 0) is 44.4 Å². The molecule has 0 aromatic carbocycles. The molecule has 0 radical (unpaired) electrons. The monoisotopic (exact) mass is 379 g/mol. The van der Waals surface area contributed by atoms with Crippen LogP contribution in [0.2, 0.25) is 0 Å². The van der Waals surface area contributed by atoms with Gasteiger partial charge in [-0.2, -0.15) is 9.50 Å². The van der Waals surface area contributed by atoms with Gasteiger partial charge in [-0.1, -0.05) is 0 Å². The fraction of sp³-hybridized carbons (Fsp3) is 0.526. The van der Waals surface area contributed by atoms with E-state index in [1.165, 1.54) is 19.3 Å². The summed E-state index contributed by atoms with van der Waals surface area (Å²) in [6.07, 6.45) is 5.67. The van der Waals surface area contributed by atoms with Crippen LogP contribution in [0.15, 0.2) is 24.4 Å². The largest absolute Gasteiger partial charge is 0.353 e. The van der Waals surface area contributed by atoms with E-state index in [0.717, 1.165) is 68.3 Å². The molecule has 2 aliphatic heterocycles. The molecule has 0 N–H and O–H groups in total. The average Bonchev–Trinajstić information content (AvgIpc) is 3.15. The molecule has 0 bridgehead atoms. The van der Waals surface area contributed by atoms with E-state index in [2.05, 4.69) is 29.9 Å². The molecule has 3 aromatic heterocycles. The molecule has 5 heterocycles. The number of fused-ring (bicyclic) bond motifs is 1. The van der Waals surface area contributed by atoms with Gasteiger partial charge in [0, 0.05) is 45.5 Å². The highest BCUT2D eigenvalue weighted by molar-refractivity contribution is 5.49. The molecule has 9 nitrogen and oxygen atoms in total. The van der Waals surface area contributed by atoms with Crippen LogP contribution in [0, 0.1) is 6.92 Å². The van der Waals surface area contributed by atoms with Crippen LogP contribution in [0.3, 0.4) is 0 Å². The fourth-order valence-electron chi connectivity index (χ4n) is 3.98. The summed E-state index contributed by atoms with van der Waals surface area (Å²) in [6, 6.07) is 6.02. The lowest BCUT2D eigenvalue weighted by Crippen LogP contribution is -2.47. The maximum Gasteiger partial charge on any atom is 0.227 e. The third-order valence-electron chi connectivity index (χ3n) is 5.60. The average molecular weight is 379 g/mol. The van der Waals surface area contributed by atoms with Crippen molar-refractivity contribution < 1.29 is 0 Å². The van der Waals surface area contributed by atoms with Crippen LogP contribution in [-0.4, -0.2) is 69.0 Å². The number of hydrogen-bond donors (Lipinski definition) is 0. The SMILES string of the molecule is Cc1nnc2ccc(N3CCN(c4ccnc(N5CCCCC5)n4)CC3)nn12. The molecular weight excluding hydrogens is 354 g/mol. The zero-order chi connectivity index (χ0) is 18.9. The molecule has 0 atom stereocenters. The Bertz CT molecular complexity index is 955. The molecule has 28 heavy (non-hydrogen) atoms. The van der Waals surface area contributed by atoms with Crippen LogP contribution in [0.4, 0.5) is 17.6 Å². The van der Waals surface area contributed by atoms with Crippen LogP contribution >= 0.6 is 0 Å². The first-order valence-corrected chi connectivity index (χ1v) is 10.0. The van der Waals surface area contributed by atoms with E-state index in [1.54, 1.807) is 4.52 Å². The molecule has 0 spiro atoms. The third kappa shape index (κ3) is 3.21. The van der Waals surface area contributed by atoms with Crippen LogP contribution < -0.4 is 14.7 Å². The Morgan fingerprint density at radius 3 is 2.29 bits per heavy atom. The smallest absolute Gasteiger partial charge is 0.227 e. The van der Waals surface area contributed by atoms with Crippen LogP contribution in [0.25, 0.3) is 5.65 Å². The van der Waals surface area contributed by atoms with Gasteiger partial charge < -0.3 is 14.7 Å². The number of piperazine rings is 1. The standard InChI is InChI=1S/C19H25N9/c1-15-22-23-17-5-6-18(24-28(15)17)26-13-11-25(12-14-26)16-7-8-20-19(21-16)27-9-3-2-4-10-27/h5-8H,2-4,9-14H2,1H3. The van der Waals surface area contributed by atoms with E-state index in [1.807, 2.05) is 31.3 Å². The highest BCUT2D eigenvalue weighted by Crippen LogP contribution is 2.21. The van der Waals surface area contributed by atoms with Crippen molar-refractivity contribution in [1.82, 2.24) is 29.8 Å². The summed E-state index contributed by atoms with van der Waals surface area (Å²) in [7, 11) is 0. The lowest BCUT2D eigenvalue weighted by atomic mass is 10.1. The molecule has 0 unspecified atom stereocenters. The van der Waals surface area contributed by atoms with Crippen molar-refractivity contribution in [3.8, 4) is 0 Å². The molecule has 0 aliphatic carbocycles. The number of anilines is 3. The molecule has 3 aromatic rings. The van der Waals surface area contributed by atoms with Crippen molar-refractivity contribution in [3.63, 3.8) is 0 Å². The number of rotatable bonds is 3. The van der Waals surface area contributed by atoms with E-state index in [9.17, 15) is 0 Å². The molecule has 9 heteroatoms. The van der Waals surface area contributed by atoms with Crippen LogP contribution in [0.1, 0.15) is 25.1 Å². The minimum absolute atomic E-state index is 0.783. The molecule has 146 valence electrons. The van der Waals surface area contributed by atoms with Gasteiger partial charge in [0.05, 0.1) is 0 Å². The van der Waals surface area contributed by atoms with Gasteiger partial charge in [0.25, 0.3) is 0 Å². The summed E-state index contributed by atoms with van der Waals surface area (Å²) in [4.78, 5) is 16.3. The Hall–Kier alpha value is -2.97. The van der Waals surface area contributed by atoms with E-state index < -0.39 is 0 Å². The highest BCUT2D eigenvalue weighted by Gasteiger charge is 2.21. The van der Waals surface area contributed by atoms with Crippen molar-refractivity contribution in [3.05, 3.63) is 30.2 Å². The first-order valence-electron chi connectivity index (χ1n) is 10.0. The van der Waals surface area contributed by atoms with Crippen molar-refractivity contribution in [2.75, 3.05) is 54.0 Å². The highest BCUT2D eigenvalue weighted by atomic mass is 15.4.